The number of hydrogen-bond donors (Lipinski definition) is 2. The van der Waals surface area contributed by atoms with Gasteiger partial charge in [0.15, 0.2) is 5.76 Å². The van der Waals surface area contributed by atoms with E-state index in [1.807, 2.05) is 18.7 Å². The average Bonchev–Trinajstić information content (AvgIpc) is 3.48. The zero-order chi connectivity index (χ0) is 24.5. The molecule has 9 nitrogen and oxygen atoms in total. The average molecular weight is 492 g/mol. The molecule has 0 saturated carbocycles. The highest BCUT2D eigenvalue weighted by molar-refractivity contribution is 7.18. The second-order valence-electron chi connectivity index (χ2n) is 8.55. The molecular formula is C25H25N5O4S. The number of anilines is 1. The third-order valence-electron chi connectivity index (χ3n) is 6.26. The third-order valence-corrected chi connectivity index (χ3v) is 7.36. The first-order valence-corrected chi connectivity index (χ1v) is 12.2. The summed E-state index contributed by atoms with van der Waals surface area (Å²) in [6.45, 7) is 7.03. The van der Waals surface area contributed by atoms with Crippen LogP contribution in [0.5, 0.6) is 0 Å². The smallest absolute Gasteiger partial charge is 0.291 e. The Morgan fingerprint density at radius 2 is 1.86 bits per heavy atom. The van der Waals surface area contributed by atoms with Crippen LogP contribution in [0, 0.1) is 13.8 Å². The molecule has 0 unspecified atom stereocenters. The van der Waals surface area contributed by atoms with Crippen LogP contribution in [0.15, 0.2) is 51.9 Å². The molecule has 180 valence electrons. The van der Waals surface area contributed by atoms with Gasteiger partial charge in [0, 0.05) is 42.3 Å². The Labute approximate surface area is 205 Å². The molecule has 3 aromatic heterocycles. The van der Waals surface area contributed by atoms with Crippen molar-refractivity contribution in [2.75, 3.05) is 31.5 Å². The lowest BCUT2D eigenvalue weighted by atomic mass is 10.1. The summed E-state index contributed by atoms with van der Waals surface area (Å²) in [6.07, 6.45) is 1.44. The van der Waals surface area contributed by atoms with Gasteiger partial charge in [0.05, 0.1) is 18.2 Å². The lowest BCUT2D eigenvalue weighted by Crippen LogP contribution is -2.48. The van der Waals surface area contributed by atoms with Crippen LogP contribution >= 0.6 is 11.3 Å². The van der Waals surface area contributed by atoms with E-state index < -0.39 is 0 Å². The second kappa shape index (κ2) is 9.47. The van der Waals surface area contributed by atoms with Crippen LogP contribution in [0.4, 0.5) is 5.69 Å². The van der Waals surface area contributed by atoms with E-state index in [0.717, 1.165) is 15.3 Å². The van der Waals surface area contributed by atoms with Crippen molar-refractivity contribution in [3.63, 3.8) is 0 Å². The number of rotatable bonds is 5. The van der Waals surface area contributed by atoms with Gasteiger partial charge >= 0.3 is 0 Å². The van der Waals surface area contributed by atoms with E-state index in [2.05, 4.69) is 20.2 Å². The Morgan fingerprint density at radius 1 is 1.11 bits per heavy atom. The molecule has 35 heavy (non-hydrogen) atoms. The van der Waals surface area contributed by atoms with Gasteiger partial charge in [-0.05, 0) is 55.8 Å². The first-order chi connectivity index (χ1) is 16.9. The summed E-state index contributed by atoms with van der Waals surface area (Å²) in [5, 5.41) is 3.42. The van der Waals surface area contributed by atoms with Crippen molar-refractivity contribution in [2.45, 2.75) is 20.4 Å². The maximum Gasteiger partial charge on any atom is 0.291 e. The van der Waals surface area contributed by atoms with Crippen LogP contribution < -0.4 is 10.9 Å². The summed E-state index contributed by atoms with van der Waals surface area (Å²) in [5.74, 6) is 0.481. The van der Waals surface area contributed by atoms with E-state index in [1.165, 1.54) is 6.26 Å². The SMILES string of the molecule is Cc1sc2nc(CN3CCN(C(=O)c4ccc(NC(=O)c5ccco5)cc4)CC3)[nH]c(=O)c2c1C. The highest BCUT2D eigenvalue weighted by atomic mass is 32.1. The number of carbonyl (C=O) groups is 2. The number of benzene rings is 1. The highest BCUT2D eigenvalue weighted by Crippen LogP contribution is 2.26. The maximum atomic E-state index is 13.0. The summed E-state index contributed by atoms with van der Waals surface area (Å²) in [5.41, 5.74) is 2.05. The number of furan rings is 1. The van der Waals surface area contributed by atoms with E-state index in [-0.39, 0.29) is 23.1 Å². The van der Waals surface area contributed by atoms with Crippen molar-refractivity contribution < 1.29 is 14.0 Å². The molecule has 1 fully saturated rings. The number of aromatic amines is 1. The van der Waals surface area contributed by atoms with E-state index in [9.17, 15) is 14.4 Å². The van der Waals surface area contributed by atoms with E-state index >= 15 is 0 Å². The molecule has 4 aromatic rings. The number of piperazine rings is 1. The third kappa shape index (κ3) is 4.75. The van der Waals surface area contributed by atoms with Crippen molar-refractivity contribution in [1.29, 1.82) is 0 Å². The fourth-order valence-electron chi connectivity index (χ4n) is 4.17. The zero-order valence-electron chi connectivity index (χ0n) is 19.5. The molecule has 0 aliphatic carbocycles. The van der Waals surface area contributed by atoms with Crippen LogP contribution in [-0.2, 0) is 6.54 Å². The Balaban J connectivity index is 1.17. The number of amides is 2. The first kappa shape index (κ1) is 23.0. The van der Waals surface area contributed by atoms with Crippen LogP contribution in [-0.4, -0.2) is 57.8 Å². The van der Waals surface area contributed by atoms with Crippen molar-refractivity contribution >= 4 is 39.1 Å². The molecule has 0 spiro atoms. The highest BCUT2D eigenvalue weighted by Gasteiger charge is 2.23. The van der Waals surface area contributed by atoms with Gasteiger partial charge in [-0.15, -0.1) is 11.3 Å². The molecule has 4 heterocycles. The monoisotopic (exact) mass is 491 g/mol. The molecule has 0 radical (unpaired) electrons. The fourth-order valence-corrected chi connectivity index (χ4v) is 5.22. The van der Waals surface area contributed by atoms with Gasteiger partial charge in [-0.25, -0.2) is 4.98 Å². The largest absolute Gasteiger partial charge is 0.459 e. The summed E-state index contributed by atoms with van der Waals surface area (Å²) in [4.78, 5) is 51.1. The minimum atomic E-state index is -0.343. The lowest BCUT2D eigenvalue weighted by Gasteiger charge is -2.34. The van der Waals surface area contributed by atoms with Gasteiger partial charge in [-0.3, -0.25) is 19.3 Å². The molecule has 1 saturated heterocycles. The number of nitrogens with one attached hydrogen (secondary N) is 2. The predicted octanol–water partition coefficient (Wildman–Crippen LogP) is 3.40. The maximum absolute atomic E-state index is 13.0. The second-order valence-corrected chi connectivity index (χ2v) is 9.76. The Morgan fingerprint density at radius 3 is 2.54 bits per heavy atom. The number of thiophene rings is 1. The number of fused-ring (bicyclic) bond motifs is 1. The van der Waals surface area contributed by atoms with E-state index in [1.54, 1.807) is 47.7 Å². The molecular weight excluding hydrogens is 466 g/mol. The molecule has 2 N–H and O–H groups in total. The van der Waals surface area contributed by atoms with Crippen molar-refractivity contribution in [2.24, 2.45) is 0 Å². The normalized spacial score (nSPS) is 14.4. The summed E-state index contributed by atoms with van der Waals surface area (Å²) >= 11 is 1.54. The Hall–Kier alpha value is -3.76. The Bertz CT molecular complexity index is 1430. The van der Waals surface area contributed by atoms with Gasteiger partial charge in [-0.2, -0.15) is 0 Å². The van der Waals surface area contributed by atoms with E-state index in [4.69, 9.17) is 4.42 Å². The van der Waals surface area contributed by atoms with Gasteiger partial charge < -0.3 is 19.6 Å². The minimum Gasteiger partial charge on any atom is -0.459 e. The van der Waals surface area contributed by atoms with E-state index in [0.29, 0.717) is 55.2 Å². The minimum absolute atomic E-state index is 0.0500. The molecule has 1 aliphatic heterocycles. The zero-order valence-corrected chi connectivity index (χ0v) is 20.3. The summed E-state index contributed by atoms with van der Waals surface area (Å²) in [6, 6.07) is 10.1. The summed E-state index contributed by atoms with van der Waals surface area (Å²) in [7, 11) is 0. The van der Waals surface area contributed by atoms with Crippen molar-refractivity contribution in [3.8, 4) is 0 Å². The van der Waals surface area contributed by atoms with Crippen LogP contribution in [0.1, 0.15) is 37.2 Å². The van der Waals surface area contributed by atoms with Gasteiger partial charge in [0.25, 0.3) is 17.4 Å². The summed E-state index contributed by atoms with van der Waals surface area (Å²) < 4.78 is 5.09. The molecule has 5 rings (SSSR count). The molecule has 1 aliphatic rings. The van der Waals surface area contributed by atoms with Gasteiger partial charge in [0.1, 0.15) is 10.7 Å². The molecule has 1 aromatic carbocycles. The number of aromatic nitrogens is 2. The topological polar surface area (TPSA) is 112 Å². The molecule has 10 heteroatoms. The van der Waals surface area contributed by atoms with Crippen LogP contribution in [0.25, 0.3) is 10.2 Å². The first-order valence-electron chi connectivity index (χ1n) is 11.3. The van der Waals surface area contributed by atoms with Crippen molar-refractivity contribution in [3.05, 3.63) is 80.6 Å². The molecule has 2 amide bonds. The standard InChI is InChI=1S/C25H25N5O4S/c1-15-16(2)35-24-21(15)23(32)27-20(28-24)14-29-9-11-30(12-10-29)25(33)17-5-7-18(8-6-17)26-22(31)19-4-3-13-34-19/h3-8,13H,9-12,14H2,1-2H3,(H,26,31)(H,27,28,32). The number of nitrogens with zero attached hydrogens (tertiary/aromatic N) is 3. The lowest BCUT2D eigenvalue weighted by molar-refractivity contribution is 0.0625. The fraction of sp³-hybridized carbons (Fsp3) is 0.280. The van der Waals surface area contributed by atoms with Crippen LogP contribution in [0.3, 0.4) is 0 Å². The Kier molecular flexibility index (Phi) is 6.23. The number of carbonyl (C=O) groups excluding carboxylic acids is 2. The number of hydrogen-bond acceptors (Lipinski definition) is 7. The van der Waals surface area contributed by atoms with Gasteiger partial charge in [-0.1, -0.05) is 0 Å². The molecule has 0 bridgehead atoms. The predicted molar refractivity (Wildman–Crippen MR) is 134 cm³/mol. The van der Waals surface area contributed by atoms with Crippen LogP contribution in [0.2, 0.25) is 0 Å². The quantitative estimate of drug-likeness (QED) is 0.443. The number of H-pyrrole nitrogens is 1. The number of aryl methyl sites for hydroxylation is 2. The van der Waals surface area contributed by atoms with Gasteiger partial charge in [0.2, 0.25) is 0 Å². The molecule has 0 atom stereocenters. The van der Waals surface area contributed by atoms with Crippen molar-refractivity contribution in [1.82, 2.24) is 19.8 Å².